The van der Waals surface area contributed by atoms with Crippen LogP contribution in [0.25, 0.3) is 10.9 Å². The van der Waals surface area contributed by atoms with E-state index >= 15 is 0 Å². The summed E-state index contributed by atoms with van der Waals surface area (Å²) in [5.41, 5.74) is 3.69. The van der Waals surface area contributed by atoms with Crippen molar-refractivity contribution in [1.82, 2.24) is 9.97 Å². The fourth-order valence-corrected chi connectivity index (χ4v) is 2.60. The van der Waals surface area contributed by atoms with E-state index in [2.05, 4.69) is 14.9 Å². The number of non-ortho nitro benzene ring substituents is 1. The van der Waals surface area contributed by atoms with E-state index in [4.69, 9.17) is 0 Å². The molecule has 6 heteroatoms. The molecule has 6 nitrogen and oxygen atoms in total. The van der Waals surface area contributed by atoms with Crippen LogP contribution in [0.2, 0.25) is 0 Å². The van der Waals surface area contributed by atoms with Crippen LogP contribution in [0.4, 0.5) is 11.4 Å². The third-order valence-corrected chi connectivity index (χ3v) is 3.66. The molecule has 0 radical (unpaired) electrons. The zero-order chi connectivity index (χ0) is 16.4. The van der Waals surface area contributed by atoms with E-state index in [-0.39, 0.29) is 10.6 Å². The maximum atomic E-state index is 11.0. The quantitative estimate of drug-likeness (QED) is 0.545. The lowest BCUT2D eigenvalue weighted by Gasteiger charge is -2.21. The van der Waals surface area contributed by atoms with Crippen molar-refractivity contribution in [2.45, 2.75) is 13.5 Å². The second-order valence-electron chi connectivity index (χ2n) is 5.46. The number of anilines is 1. The van der Waals surface area contributed by atoms with Gasteiger partial charge in [-0.25, -0.2) is 0 Å². The first kappa shape index (κ1) is 14.9. The van der Waals surface area contributed by atoms with Gasteiger partial charge in [-0.2, -0.15) is 0 Å². The maximum Gasteiger partial charge on any atom is 0.270 e. The summed E-state index contributed by atoms with van der Waals surface area (Å²) in [6.07, 6.45) is 3.55. The summed E-state index contributed by atoms with van der Waals surface area (Å²) in [5, 5.41) is 11.8. The van der Waals surface area contributed by atoms with E-state index in [0.29, 0.717) is 6.54 Å². The normalized spacial score (nSPS) is 10.7. The van der Waals surface area contributed by atoms with Crippen molar-refractivity contribution in [1.29, 1.82) is 0 Å². The van der Waals surface area contributed by atoms with Crippen LogP contribution in [0, 0.1) is 17.0 Å². The summed E-state index contributed by atoms with van der Waals surface area (Å²) < 4.78 is 0. The summed E-state index contributed by atoms with van der Waals surface area (Å²) in [6.45, 7) is 2.58. The third-order valence-electron chi connectivity index (χ3n) is 3.66. The molecule has 0 saturated carbocycles. The van der Waals surface area contributed by atoms with E-state index in [9.17, 15) is 10.1 Å². The van der Waals surface area contributed by atoms with Crippen LogP contribution in [0.5, 0.6) is 0 Å². The van der Waals surface area contributed by atoms with Crippen LogP contribution < -0.4 is 4.90 Å². The molecule has 0 aliphatic rings. The van der Waals surface area contributed by atoms with Crippen molar-refractivity contribution < 1.29 is 4.92 Å². The van der Waals surface area contributed by atoms with Gasteiger partial charge in [0.05, 0.1) is 10.4 Å². The molecular formula is C17H16N4O2. The molecule has 1 aromatic carbocycles. The molecule has 0 aliphatic carbocycles. The van der Waals surface area contributed by atoms with Crippen LogP contribution in [-0.2, 0) is 6.54 Å². The average Bonchev–Trinajstić information content (AvgIpc) is 2.54. The number of pyridine rings is 2. The Morgan fingerprint density at radius 1 is 1.26 bits per heavy atom. The molecule has 0 unspecified atom stereocenters. The second kappa shape index (κ2) is 6.00. The molecule has 0 spiro atoms. The number of benzene rings is 1. The third kappa shape index (κ3) is 3.11. The lowest BCUT2D eigenvalue weighted by atomic mass is 10.1. The van der Waals surface area contributed by atoms with Gasteiger partial charge in [0.15, 0.2) is 0 Å². The SMILES string of the molecule is Cc1cc(N(C)Cc2cccnc2)c2cc([N+](=O)[O-])ccc2n1. The Hall–Kier alpha value is -3.02. The van der Waals surface area contributed by atoms with Crippen LogP contribution in [0.15, 0.2) is 48.8 Å². The van der Waals surface area contributed by atoms with Crippen LogP contribution >= 0.6 is 0 Å². The lowest BCUT2D eigenvalue weighted by Crippen LogP contribution is -2.17. The van der Waals surface area contributed by atoms with Crippen LogP contribution in [0.1, 0.15) is 11.3 Å². The predicted octanol–water partition coefficient (Wildman–Crippen LogP) is 3.48. The van der Waals surface area contributed by atoms with E-state index in [1.807, 2.05) is 38.4 Å². The summed E-state index contributed by atoms with van der Waals surface area (Å²) in [4.78, 5) is 21.3. The van der Waals surface area contributed by atoms with Gasteiger partial charge in [-0.3, -0.25) is 20.1 Å². The maximum absolute atomic E-state index is 11.0. The molecule has 0 saturated heterocycles. The molecular weight excluding hydrogens is 292 g/mol. The second-order valence-corrected chi connectivity index (χ2v) is 5.46. The highest BCUT2D eigenvalue weighted by molar-refractivity contribution is 5.93. The van der Waals surface area contributed by atoms with Gasteiger partial charge in [-0.1, -0.05) is 6.07 Å². The Balaban J connectivity index is 2.07. The van der Waals surface area contributed by atoms with Crippen molar-refractivity contribution in [3.8, 4) is 0 Å². The zero-order valence-electron chi connectivity index (χ0n) is 12.9. The first-order chi connectivity index (χ1) is 11.0. The molecule has 3 rings (SSSR count). The summed E-state index contributed by atoms with van der Waals surface area (Å²) >= 11 is 0. The molecule has 23 heavy (non-hydrogen) atoms. The highest BCUT2D eigenvalue weighted by Crippen LogP contribution is 2.30. The Morgan fingerprint density at radius 3 is 2.78 bits per heavy atom. The van der Waals surface area contributed by atoms with Crippen LogP contribution in [-0.4, -0.2) is 21.9 Å². The number of nitro groups is 1. The van der Waals surface area contributed by atoms with Gasteiger partial charge < -0.3 is 4.90 Å². The van der Waals surface area contributed by atoms with Crippen LogP contribution in [0.3, 0.4) is 0 Å². The number of fused-ring (bicyclic) bond motifs is 1. The van der Waals surface area contributed by atoms with Gasteiger partial charge in [-0.05, 0) is 30.7 Å². The lowest BCUT2D eigenvalue weighted by molar-refractivity contribution is -0.384. The van der Waals surface area contributed by atoms with Gasteiger partial charge in [-0.15, -0.1) is 0 Å². The van der Waals surface area contributed by atoms with Crippen molar-refractivity contribution in [2.24, 2.45) is 0 Å². The van der Waals surface area contributed by atoms with Gasteiger partial charge in [0.2, 0.25) is 0 Å². The van der Waals surface area contributed by atoms with Gasteiger partial charge in [0.25, 0.3) is 5.69 Å². The van der Waals surface area contributed by atoms with Gasteiger partial charge >= 0.3 is 0 Å². The number of aromatic nitrogens is 2. The van der Waals surface area contributed by atoms with E-state index < -0.39 is 0 Å². The van der Waals surface area contributed by atoms with Crippen molar-refractivity contribution in [3.63, 3.8) is 0 Å². The van der Waals surface area contributed by atoms with Crippen molar-refractivity contribution in [3.05, 3.63) is 70.2 Å². The topological polar surface area (TPSA) is 72.2 Å². The highest BCUT2D eigenvalue weighted by Gasteiger charge is 2.13. The fourth-order valence-electron chi connectivity index (χ4n) is 2.60. The number of nitrogens with zero attached hydrogens (tertiary/aromatic N) is 4. The largest absolute Gasteiger partial charge is 0.370 e. The number of hydrogen-bond donors (Lipinski definition) is 0. The first-order valence-electron chi connectivity index (χ1n) is 7.20. The minimum absolute atomic E-state index is 0.0687. The van der Waals surface area contributed by atoms with E-state index in [0.717, 1.165) is 27.8 Å². The molecule has 2 heterocycles. The smallest absolute Gasteiger partial charge is 0.270 e. The Kier molecular flexibility index (Phi) is 3.89. The molecule has 2 aromatic heterocycles. The average molecular weight is 308 g/mol. The highest BCUT2D eigenvalue weighted by atomic mass is 16.6. The zero-order valence-corrected chi connectivity index (χ0v) is 12.9. The van der Waals surface area contributed by atoms with E-state index in [1.165, 1.54) is 6.07 Å². The Labute approximate surface area is 133 Å². The fraction of sp³-hybridized carbons (Fsp3) is 0.176. The molecule has 0 N–H and O–H groups in total. The van der Waals surface area contributed by atoms with Gasteiger partial charge in [0, 0.05) is 54.9 Å². The van der Waals surface area contributed by atoms with Crippen molar-refractivity contribution >= 4 is 22.3 Å². The summed E-state index contributed by atoms with van der Waals surface area (Å²) in [7, 11) is 1.96. The number of hydrogen-bond acceptors (Lipinski definition) is 5. The van der Waals surface area contributed by atoms with Crippen molar-refractivity contribution in [2.75, 3.05) is 11.9 Å². The Bertz CT molecular complexity index is 865. The van der Waals surface area contributed by atoms with E-state index in [1.54, 1.807) is 18.3 Å². The minimum atomic E-state index is -0.385. The summed E-state index contributed by atoms with van der Waals surface area (Å²) in [5.74, 6) is 0. The monoisotopic (exact) mass is 308 g/mol. The molecule has 3 aromatic rings. The number of nitro benzene ring substituents is 1. The van der Waals surface area contributed by atoms with Gasteiger partial charge in [0.1, 0.15) is 0 Å². The summed E-state index contributed by atoms with van der Waals surface area (Å²) in [6, 6.07) is 10.6. The standard InChI is InChI=1S/C17H16N4O2/c1-12-8-17(20(2)11-13-4-3-7-18-10-13)15-9-14(21(22)23)5-6-16(15)19-12/h3-10H,11H2,1-2H3. The molecule has 0 fully saturated rings. The minimum Gasteiger partial charge on any atom is -0.370 e. The molecule has 0 atom stereocenters. The molecule has 116 valence electrons. The first-order valence-corrected chi connectivity index (χ1v) is 7.20. The Morgan fingerprint density at radius 2 is 2.09 bits per heavy atom. The molecule has 0 aliphatic heterocycles. The number of rotatable bonds is 4. The molecule has 0 amide bonds. The number of aryl methyl sites for hydroxylation is 1. The predicted molar refractivity (Wildman–Crippen MR) is 89.5 cm³/mol. The molecule has 0 bridgehead atoms.